The van der Waals surface area contributed by atoms with Crippen molar-refractivity contribution < 1.29 is 9.90 Å². The predicted molar refractivity (Wildman–Crippen MR) is 80.4 cm³/mol. The van der Waals surface area contributed by atoms with Crippen LogP contribution in [0.15, 0.2) is 47.3 Å². The molecule has 2 aromatic rings. The van der Waals surface area contributed by atoms with Gasteiger partial charge in [-0.25, -0.2) is 0 Å². The Kier molecular flexibility index (Phi) is 4.77. The minimum atomic E-state index is -0.565. The van der Waals surface area contributed by atoms with Crippen LogP contribution in [0.5, 0.6) is 0 Å². The third kappa shape index (κ3) is 3.51. The van der Waals surface area contributed by atoms with Crippen LogP contribution in [0.3, 0.4) is 0 Å². The van der Waals surface area contributed by atoms with Gasteiger partial charge >= 0.3 is 0 Å². The molecule has 1 atom stereocenters. The molecular weight excluding hydrogens is 292 g/mol. The van der Waals surface area contributed by atoms with Crippen molar-refractivity contribution in [1.82, 2.24) is 9.88 Å². The van der Waals surface area contributed by atoms with Crippen LogP contribution >= 0.6 is 11.6 Å². The molecule has 21 heavy (non-hydrogen) atoms. The number of rotatable bonds is 4. The summed E-state index contributed by atoms with van der Waals surface area (Å²) in [6.07, 6.45) is 0. The lowest BCUT2D eigenvalue weighted by atomic mass is 10.1. The van der Waals surface area contributed by atoms with Gasteiger partial charge in [0.25, 0.3) is 11.5 Å². The Morgan fingerprint density at radius 2 is 1.95 bits per heavy atom. The lowest BCUT2D eigenvalue weighted by Crippen LogP contribution is -2.34. The first-order valence-electron chi connectivity index (χ1n) is 6.36. The summed E-state index contributed by atoms with van der Waals surface area (Å²) < 4.78 is 1.26. The third-order valence-electron chi connectivity index (χ3n) is 3.18. The minimum Gasteiger partial charge on any atom is -0.394 e. The summed E-state index contributed by atoms with van der Waals surface area (Å²) in [5.41, 5.74) is 0.695. The number of benzene rings is 1. The summed E-state index contributed by atoms with van der Waals surface area (Å²) in [6, 6.07) is 10.7. The number of halogens is 1. The second-order valence-electron chi connectivity index (χ2n) is 4.57. The molecule has 1 unspecified atom stereocenters. The molecule has 0 aliphatic carbocycles. The van der Waals surface area contributed by atoms with E-state index in [0.29, 0.717) is 5.02 Å². The summed E-state index contributed by atoms with van der Waals surface area (Å²) >= 11 is 5.81. The van der Waals surface area contributed by atoms with E-state index in [4.69, 9.17) is 11.6 Å². The third-order valence-corrected chi connectivity index (χ3v) is 3.43. The van der Waals surface area contributed by atoms with Gasteiger partial charge in [-0.1, -0.05) is 29.8 Å². The molecule has 1 aromatic carbocycles. The summed E-state index contributed by atoms with van der Waals surface area (Å²) in [5.74, 6) is -0.427. The highest BCUT2D eigenvalue weighted by atomic mass is 35.5. The maximum Gasteiger partial charge on any atom is 0.268 e. The fraction of sp³-hybridized carbons (Fsp3) is 0.200. The zero-order valence-corrected chi connectivity index (χ0v) is 12.2. The van der Waals surface area contributed by atoms with Crippen molar-refractivity contribution in [3.8, 4) is 0 Å². The molecule has 1 heterocycles. The molecule has 0 saturated carbocycles. The van der Waals surface area contributed by atoms with E-state index in [2.05, 4.69) is 5.32 Å². The van der Waals surface area contributed by atoms with Crippen LogP contribution in [0, 0.1) is 0 Å². The first-order chi connectivity index (χ1) is 10.0. The lowest BCUT2D eigenvalue weighted by Gasteiger charge is -2.17. The van der Waals surface area contributed by atoms with Gasteiger partial charge < -0.3 is 15.0 Å². The summed E-state index contributed by atoms with van der Waals surface area (Å²) in [7, 11) is 1.52. The molecule has 0 saturated heterocycles. The fourth-order valence-electron chi connectivity index (χ4n) is 1.95. The van der Waals surface area contributed by atoms with Crippen LogP contribution in [-0.4, -0.2) is 22.2 Å². The second kappa shape index (κ2) is 6.56. The predicted octanol–water partition coefficient (Wildman–Crippen LogP) is 1.50. The number of aliphatic hydroxyl groups is 1. The molecule has 110 valence electrons. The van der Waals surface area contributed by atoms with Crippen molar-refractivity contribution in [3.05, 3.63) is 69.1 Å². The topological polar surface area (TPSA) is 71.3 Å². The average molecular weight is 307 g/mol. The number of carbonyl (C=O) groups is 1. The molecule has 0 spiro atoms. The maximum atomic E-state index is 12.2. The van der Waals surface area contributed by atoms with E-state index in [9.17, 15) is 14.7 Å². The number of pyridine rings is 1. The van der Waals surface area contributed by atoms with Gasteiger partial charge in [0.1, 0.15) is 5.69 Å². The van der Waals surface area contributed by atoms with Crippen molar-refractivity contribution >= 4 is 17.5 Å². The summed E-state index contributed by atoms with van der Waals surface area (Å²) in [4.78, 5) is 23.7. The Morgan fingerprint density at radius 3 is 2.57 bits per heavy atom. The first-order valence-corrected chi connectivity index (χ1v) is 6.74. The lowest BCUT2D eigenvalue weighted by molar-refractivity contribution is 0.0906. The van der Waals surface area contributed by atoms with E-state index in [1.165, 1.54) is 23.7 Å². The molecular formula is C15H15ClN2O3. The normalized spacial score (nSPS) is 12.0. The monoisotopic (exact) mass is 306 g/mol. The van der Waals surface area contributed by atoms with Crippen molar-refractivity contribution in [1.29, 1.82) is 0 Å². The molecule has 0 radical (unpaired) electrons. The van der Waals surface area contributed by atoms with Crippen LogP contribution in [0.4, 0.5) is 0 Å². The highest BCUT2D eigenvalue weighted by molar-refractivity contribution is 6.30. The van der Waals surface area contributed by atoms with Crippen molar-refractivity contribution in [2.24, 2.45) is 7.05 Å². The Balaban J connectivity index is 2.22. The van der Waals surface area contributed by atoms with E-state index in [0.717, 1.165) is 5.56 Å². The van der Waals surface area contributed by atoms with Crippen molar-refractivity contribution in [2.45, 2.75) is 6.04 Å². The summed E-state index contributed by atoms with van der Waals surface area (Å²) in [5, 5.41) is 12.7. The van der Waals surface area contributed by atoms with Crippen molar-refractivity contribution in [2.75, 3.05) is 6.61 Å². The molecule has 0 bridgehead atoms. The number of hydrogen-bond acceptors (Lipinski definition) is 3. The fourth-order valence-corrected chi connectivity index (χ4v) is 2.08. The SMILES string of the molecule is Cn1c(C(=O)NC(CO)c2ccc(Cl)cc2)cccc1=O. The number of hydrogen-bond donors (Lipinski definition) is 2. The maximum absolute atomic E-state index is 12.2. The highest BCUT2D eigenvalue weighted by Crippen LogP contribution is 2.16. The van der Waals surface area contributed by atoms with Gasteiger partial charge in [0.05, 0.1) is 12.6 Å². The van der Waals surface area contributed by atoms with Gasteiger partial charge in [-0.3, -0.25) is 9.59 Å². The van der Waals surface area contributed by atoms with Crippen LogP contribution < -0.4 is 10.9 Å². The number of amides is 1. The Bertz CT molecular complexity index is 695. The molecule has 0 fully saturated rings. The molecule has 2 N–H and O–H groups in total. The van der Waals surface area contributed by atoms with E-state index in [1.54, 1.807) is 30.3 Å². The smallest absolute Gasteiger partial charge is 0.268 e. The van der Waals surface area contributed by atoms with Gasteiger partial charge in [-0.15, -0.1) is 0 Å². The highest BCUT2D eigenvalue weighted by Gasteiger charge is 2.16. The van der Waals surface area contributed by atoms with Gasteiger partial charge in [0.15, 0.2) is 0 Å². The molecule has 5 nitrogen and oxygen atoms in total. The molecule has 0 aliphatic rings. The Hall–Kier alpha value is -2.11. The van der Waals surface area contributed by atoms with E-state index >= 15 is 0 Å². The van der Waals surface area contributed by atoms with Gasteiger partial charge in [-0.05, 0) is 23.8 Å². The second-order valence-corrected chi connectivity index (χ2v) is 5.00. The largest absolute Gasteiger partial charge is 0.394 e. The van der Waals surface area contributed by atoms with Crippen LogP contribution in [-0.2, 0) is 7.05 Å². The number of aromatic nitrogens is 1. The standard InChI is InChI=1S/C15H15ClN2O3/c1-18-13(3-2-4-14(18)20)15(21)17-12(9-19)10-5-7-11(16)8-6-10/h2-8,12,19H,9H2,1H3,(H,17,21). The minimum absolute atomic E-state index is 0.231. The molecule has 2 rings (SSSR count). The van der Waals surface area contributed by atoms with Crippen molar-refractivity contribution in [3.63, 3.8) is 0 Å². The zero-order valence-electron chi connectivity index (χ0n) is 11.4. The number of nitrogens with one attached hydrogen (secondary N) is 1. The van der Waals surface area contributed by atoms with Gasteiger partial charge in [0.2, 0.25) is 0 Å². The van der Waals surface area contributed by atoms with Gasteiger partial charge in [-0.2, -0.15) is 0 Å². The van der Waals surface area contributed by atoms with E-state index < -0.39 is 11.9 Å². The number of nitrogens with zero attached hydrogens (tertiary/aromatic N) is 1. The zero-order chi connectivity index (χ0) is 15.4. The van der Waals surface area contributed by atoms with Crippen LogP contribution in [0.25, 0.3) is 0 Å². The molecule has 1 aromatic heterocycles. The Labute approximate surface area is 126 Å². The Morgan fingerprint density at radius 1 is 1.29 bits per heavy atom. The van der Waals surface area contributed by atoms with E-state index in [1.807, 2.05) is 0 Å². The average Bonchev–Trinajstić information content (AvgIpc) is 2.48. The summed E-state index contributed by atoms with van der Waals surface area (Å²) in [6.45, 7) is -0.256. The van der Waals surface area contributed by atoms with Crippen LogP contribution in [0.1, 0.15) is 22.1 Å². The quantitative estimate of drug-likeness (QED) is 0.899. The number of carbonyl (C=O) groups excluding carboxylic acids is 1. The molecule has 1 amide bonds. The van der Waals surface area contributed by atoms with E-state index in [-0.39, 0.29) is 17.9 Å². The van der Waals surface area contributed by atoms with Gasteiger partial charge in [0, 0.05) is 18.1 Å². The molecule has 6 heteroatoms. The van der Waals surface area contributed by atoms with Crippen LogP contribution in [0.2, 0.25) is 5.02 Å². The first kappa shape index (κ1) is 15.3. The number of aliphatic hydroxyl groups excluding tert-OH is 1. The molecule has 0 aliphatic heterocycles.